The number of aryl methyl sites for hydroxylation is 1. The average Bonchev–Trinajstić information content (AvgIpc) is 2.96. The summed E-state index contributed by atoms with van der Waals surface area (Å²) in [4.78, 5) is 14.8. The molecule has 0 spiro atoms. The van der Waals surface area contributed by atoms with Crippen molar-refractivity contribution in [1.82, 2.24) is 20.0 Å². The Morgan fingerprint density at radius 3 is 2.91 bits per heavy atom. The highest BCUT2D eigenvalue weighted by atomic mass is 35.5. The monoisotopic (exact) mass is 332 g/mol. The van der Waals surface area contributed by atoms with Gasteiger partial charge in [-0.2, -0.15) is 5.10 Å². The van der Waals surface area contributed by atoms with Crippen LogP contribution >= 0.6 is 11.6 Å². The Balaban J connectivity index is 1.87. The van der Waals surface area contributed by atoms with Crippen LogP contribution in [-0.2, 0) is 6.54 Å². The second kappa shape index (κ2) is 7.15. The number of halogens is 1. The number of hydrogen-bond acceptors (Lipinski definition) is 3. The molecule has 1 N–H and O–H groups in total. The zero-order chi connectivity index (χ0) is 16.2. The second-order valence-corrected chi connectivity index (χ2v) is 6.13. The topological polar surface area (TPSA) is 50.2 Å². The highest BCUT2D eigenvalue weighted by Crippen LogP contribution is 2.26. The third-order valence-corrected chi connectivity index (χ3v) is 4.34. The Hall–Kier alpha value is -1.85. The summed E-state index contributed by atoms with van der Waals surface area (Å²) >= 11 is 6.24. The first-order valence-electron chi connectivity index (χ1n) is 8.00. The van der Waals surface area contributed by atoms with Gasteiger partial charge in [0.25, 0.3) is 5.91 Å². The number of nitrogens with zero attached hydrogens (tertiary/aromatic N) is 3. The van der Waals surface area contributed by atoms with Crippen LogP contribution in [0.25, 0.3) is 0 Å². The SMILES string of the molecule is CCCn1cc(Cl)c(C(=O)N2CCNC[C@H]2c2ccccc2)n1. The van der Waals surface area contributed by atoms with Crippen molar-refractivity contribution in [2.45, 2.75) is 25.9 Å². The van der Waals surface area contributed by atoms with Crippen LogP contribution in [-0.4, -0.2) is 40.2 Å². The molecule has 0 radical (unpaired) electrons. The van der Waals surface area contributed by atoms with Gasteiger partial charge in [0, 0.05) is 32.4 Å². The summed E-state index contributed by atoms with van der Waals surface area (Å²) in [5.74, 6) is -0.0970. The van der Waals surface area contributed by atoms with Crippen molar-refractivity contribution >= 4 is 17.5 Å². The Morgan fingerprint density at radius 2 is 2.17 bits per heavy atom. The lowest BCUT2D eigenvalue weighted by Crippen LogP contribution is -2.48. The minimum absolute atomic E-state index is 0.00448. The number of amides is 1. The molecule has 2 aromatic rings. The van der Waals surface area contributed by atoms with Crippen molar-refractivity contribution in [2.75, 3.05) is 19.6 Å². The summed E-state index contributed by atoms with van der Waals surface area (Å²) in [5, 5.41) is 8.16. The third kappa shape index (κ3) is 3.41. The van der Waals surface area contributed by atoms with Crippen molar-refractivity contribution < 1.29 is 4.79 Å². The number of carbonyl (C=O) groups is 1. The zero-order valence-electron chi connectivity index (χ0n) is 13.2. The summed E-state index contributed by atoms with van der Waals surface area (Å²) in [6.07, 6.45) is 2.68. The van der Waals surface area contributed by atoms with Gasteiger partial charge in [0.15, 0.2) is 5.69 Å². The van der Waals surface area contributed by atoms with Gasteiger partial charge in [0.1, 0.15) is 0 Å². The summed E-state index contributed by atoms with van der Waals surface area (Å²) in [6, 6.07) is 10.1. The number of hydrogen-bond donors (Lipinski definition) is 1. The molecule has 122 valence electrons. The van der Waals surface area contributed by atoms with Crippen molar-refractivity contribution in [3.8, 4) is 0 Å². The van der Waals surface area contributed by atoms with E-state index in [0.29, 0.717) is 17.3 Å². The quantitative estimate of drug-likeness (QED) is 0.936. The number of aromatic nitrogens is 2. The van der Waals surface area contributed by atoms with Crippen LogP contribution in [0.1, 0.15) is 35.4 Å². The van der Waals surface area contributed by atoms with Gasteiger partial charge < -0.3 is 10.2 Å². The van der Waals surface area contributed by atoms with E-state index < -0.39 is 0 Å². The molecule has 1 aliphatic heterocycles. The molecule has 0 unspecified atom stereocenters. The van der Waals surface area contributed by atoms with E-state index >= 15 is 0 Å². The van der Waals surface area contributed by atoms with Gasteiger partial charge in [-0.25, -0.2) is 0 Å². The van der Waals surface area contributed by atoms with Crippen LogP contribution in [0, 0.1) is 0 Å². The summed E-state index contributed by atoms with van der Waals surface area (Å²) in [7, 11) is 0. The summed E-state index contributed by atoms with van der Waals surface area (Å²) in [5.41, 5.74) is 1.47. The lowest BCUT2D eigenvalue weighted by Gasteiger charge is -2.36. The molecule has 1 fully saturated rings. The van der Waals surface area contributed by atoms with Crippen LogP contribution in [0.3, 0.4) is 0 Å². The van der Waals surface area contributed by atoms with Gasteiger partial charge in [-0.1, -0.05) is 48.9 Å². The van der Waals surface area contributed by atoms with Crippen LogP contribution < -0.4 is 5.32 Å². The number of nitrogens with one attached hydrogen (secondary N) is 1. The molecule has 1 atom stereocenters. The molecule has 0 bridgehead atoms. The lowest BCUT2D eigenvalue weighted by atomic mass is 10.0. The molecule has 6 heteroatoms. The molecule has 3 rings (SSSR count). The molecular weight excluding hydrogens is 312 g/mol. The fraction of sp³-hybridized carbons (Fsp3) is 0.412. The van der Waals surface area contributed by atoms with Crippen molar-refractivity contribution in [3.63, 3.8) is 0 Å². The Labute approximate surface area is 141 Å². The number of carbonyl (C=O) groups excluding carboxylic acids is 1. The van der Waals surface area contributed by atoms with Crippen molar-refractivity contribution in [1.29, 1.82) is 0 Å². The fourth-order valence-electron chi connectivity index (χ4n) is 2.94. The predicted octanol–water partition coefficient (Wildman–Crippen LogP) is 2.73. The molecular formula is C17H21ClN4O. The second-order valence-electron chi connectivity index (χ2n) is 5.72. The Kier molecular flexibility index (Phi) is 4.98. The minimum atomic E-state index is -0.0970. The number of piperazine rings is 1. The van der Waals surface area contributed by atoms with Gasteiger partial charge in [-0.15, -0.1) is 0 Å². The van der Waals surface area contributed by atoms with Gasteiger partial charge in [-0.05, 0) is 12.0 Å². The van der Waals surface area contributed by atoms with E-state index in [4.69, 9.17) is 11.6 Å². The average molecular weight is 333 g/mol. The first kappa shape index (κ1) is 16.0. The van der Waals surface area contributed by atoms with E-state index in [2.05, 4.69) is 29.5 Å². The van der Waals surface area contributed by atoms with Gasteiger partial charge >= 0.3 is 0 Å². The van der Waals surface area contributed by atoms with E-state index in [1.807, 2.05) is 23.1 Å². The van der Waals surface area contributed by atoms with Crippen molar-refractivity contribution in [2.24, 2.45) is 0 Å². The standard InChI is InChI=1S/C17H21ClN4O/c1-2-9-21-12-14(18)16(20-21)17(23)22-10-8-19-11-15(22)13-6-4-3-5-7-13/h3-7,12,15,19H,2,8-11H2,1H3/t15-/m0/s1. The Bertz CT molecular complexity index is 670. The maximum atomic E-state index is 13.0. The molecule has 1 amide bonds. The van der Waals surface area contributed by atoms with Gasteiger partial charge in [0.05, 0.1) is 11.1 Å². The number of rotatable bonds is 4. The van der Waals surface area contributed by atoms with Crippen LogP contribution in [0.2, 0.25) is 5.02 Å². The fourth-order valence-corrected chi connectivity index (χ4v) is 3.17. The highest BCUT2D eigenvalue weighted by molar-refractivity contribution is 6.33. The highest BCUT2D eigenvalue weighted by Gasteiger charge is 2.31. The van der Waals surface area contributed by atoms with E-state index in [0.717, 1.165) is 31.6 Å². The molecule has 23 heavy (non-hydrogen) atoms. The normalized spacial score (nSPS) is 18.2. The van der Waals surface area contributed by atoms with E-state index in [1.165, 1.54) is 0 Å². The molecule has 0 saturated carbocycles. The summed E-state index contributed by atoms with van der Waals surface area (Å²) in [6.45, 7) is 5.00. The molecule has 0 aliphatic carbocycles. The smallest absolute Gasteiger partial charge is 0.276 e. The van der Waals surface area contributed by atoms with Crippen LogP contribution in [0.4, 0.5) is 0 Å². The maximum absolute atomic E-state index is 13.0. The third-order valence-electron chi connectivity index (χ3n) is 4.06. The van der Waals surface area contributed by atoms with Gasteiger partial charge in [-0.3, -0.25) is 9.48 Å². The minimum Gasteiger partial charge on any atom is -0.328 e. The van der Waals surface area contributed by atoms with Crippen LogP contribution in [0.5, 0.6) is 0 Å². The van der Waals surface area contributed by atoms with E-state index in [9.17, 15) is 4.79 Å². The first-order valence-corrected chi connectivity index (χ1v) is 8.38. The molecule has 5 nitrogen and oxygen atoms in total. The largest absolute Gasteiger partial charge is 0.328 e. The molecule has 1 aromatic heterocycles. The zero-order valence-corrected chi connectivity index (χ0v) is 14.0. The summed E-state index contributed by atoms with van der Waals surface area (Å²) < 4.78 is 1.75. The maximum Gasteiger partial charge on any atom is 0.276 e. The predicted molar refractivity (Wildman–Crippen MR) is 90.6 cm³/mol. The molecule has 2 heterocycles. The van der Waals surface area contributed by atoms with Crippen LogP contribution in [0.15, 0.2) is 36.5 Å². The molecule has 1 saturated heterocycles. The van der Waals surface area contributed by atoms with Crippen molar-refractivity contribution in [3.05, 3.63) is 52.8 Å². The molecule has 1 aliphatic rings. The first-order chi connectivity index (χ1) is 11.2. The number of benzene rings is 1. The lowest BCUT2D eigenvalue weighted by molar-refractivity contribution is 0.0627. The van der Waals surface area contributed by atoms with E-state index in [1.54, 1.807) is 10.9 Å². The Morgan fingerprint density at radius 1 is 1.39 bits per heavy atom. The molecule has 1 aromatic carbocycles. The van der Waals surface area contributed by atoms with E-state index in [-0.39, 0.29) is 11.9 Å². The van der Waals surface area contributed by atoms with Gasteiger partial charge in [0.2, 0.25) is 0 Å².